The van der Waals surface area contributed by atoms with Crippen molar-refractivity contribution in [1.82, 2.24) is 9.90 Å². The van der Waals surface area contributed by atoms with Crippen molar-refractivity contribution >= 4 is 81.5 Å². The van der Waals surface area contributed by atoms with Crippen LogP contribution in [0.2, 0.25) is 30.1 Å². The van der Waals surface area contributed by atoms with E-state index < -0.39 is 11.9 Å². The minimum absolute atomic E-state index is 0.0435. The quantitative estimate of drug-likeness (QED) is 0.314. The van der Waals surface area contributed by atoms with Crippen molar-refractivity contribution in [3.8, 4) is 11.4 Å². The lowest BCUT2D eigenvalue weighted by Crippen LogP contribution is -2.41. The van der Waals surface area contributed by atoms with Gasteiger partial charge in [0, 0.05) is 10.0 Å². The molecule has 0 saturated heterocycles. The number of esters is 2. The highest BCUT2D eigenvalue weighted by atomic mass is 35.5. The lowest BCUT2D eigenvalue weighted by Gasteiger charge is -2.04. The molecule has 0 spiro atoms. The van der Waals surface area contributed by atoms with E-state index in [4.69, 9.17) is 79.1 Å². The van der Waals surface area contributed by atoms with Crippen LogP contribution in [0.15, 0.2) is 24.3 Å². The van der Waals surface area contributed by atoms with Crippen LogP contribution in [0, 0.1) is 0 Å². The second-order valence-corrected chi connectivity index (χ2v) is 8.33. The summed E-state index contributed by atoms with van der Waals surface area (Å²) in [5.41, 5.74) is -0.582. The molecule has 3 aromatic rings. The molecule has 0 amide bonds. The summed E-state index contributed by atoms with van der Waals surface area (Å²) in [6.07, 6.45) is 0. The Hall–Kier alpha value is -1.74. The van der Waals surface area contributed by atoms with E-state index in [1.807, 2.05) is 0 Å². The van der Waals surface area contributed by atoms with Crippen molar-refractivity contribution in [2.45, 2.75) is 0 Å². The maximum Gasteiger partial charge on any atom is 0.385 e. The minimum atomic E-state index is -0.935. The van der Waals surface area contributed by atoms with Crippen LogP contribution in [-0.4, -0.2) is 36.1 Å². The lowest BCUT2D eigenvalue weighted by molar-refractivity contribution is -0.663. The van der Waals surface area contributed by atoms with Crippen LogP contribution in [0.25, 0.3) is 11.4 Å². The molecule has 2 aromatic carbocycles. The molecule has 0 aliphatic carbocycles. The van der Waals surface area contributed by atoms with Gasteiger partial charge in [-0.1, -0.05) is 79.0 Å². The Bertz CT molecular complexity index is 1090. The number of carbonyl (C=O) groups excluding carboxylic acids is 2. The topological polar surface area (TPSA) is 74.3 Å². The predicted molar refractivity (Wildman–Crippen MR) is 118 cm³/mol. The molecule has 31 heavy (non-hydrogen) atoms. The van der Waals surface area contributed by atoms with Crippen molar-refractivity contribution in [3.05, 3.63) is 65.8 Å². The van der Waals surface area contributed by atoms with Crippen LogP contribution in [0.1, 0.15) is 21.0 Å². The third-order valence-electron chi connectivity index (χ3n) is 3.97. The number of rotatable bonds is 4. The summed E-state index contributed by atoms with van der Waals surface area (Å²) >= 11 is 37.2. The SMILES string of the molecule is COC(=O)c1c(C(=O)OC)[n+](-c2c(Cl)cc(Cl)cc2Cl)nn1-c1c(Cl)cc(Cl)cc1Cl. The summed E-state index contributed by atoms with van der Waals surface area (Å²) in [5.74, 6) is -1.87. The molecule has 0 saturated carbocycles. The summed E-state index contributed by atoms with van der Waals surface area (Å²) in [4.78, 5) is 25.4. The Balaban J connectivity index is 2.51. The molecule has 0 bridgehead atoms. The van der Waals surface area contributed by atoms with Gasteiger partial charge in [0.1, 0.15) is 5.21 Å². The number of aromatic nitrogens is 3. The highest BCUT2D eigenvalue weighted by Gasteiger charge is 2.42. The third kappa shape index (κ3) is 4.44. The van der Waals surface area contributed by atoms with E-state index in [0.29, 0.717) is 0 Å². The Kier molecular flexibility index (Phi) is 7.25. The Morgan fingerprint density at radius 2 is 1.26 bits per heavy atom. The molecule has 0 N–H and O–H groups in total. The molecule has 7 nitrogen and oxygen atoms in total. The van der Waals surface area contributed by atoms with Gasteiger partial charge in [-0.15, -0.1) is 0 Å². The van der Waals surface area contributed by atoms with Crippen LogP contribution in [-0.2, 0) is 9.47 Å². The molecule has 1 aromatic heterocycles. The number of methoxy groups -OCH3 is 2. The smallest absolute Gasteiger partial charge is 0.385 e. The average Bonchev–Trinajstić information content (AvgIpc) is 3.04. The Labute approximate surface area is 205 Å². The van der Waals surface area contributed by atoms with E-state index in [1.54, 1.807) is 0 Å². The molecule has 0 aliphatic rings. The highest BCUT2D eigenvalue weighted by molar-refractivity contribution is 6.41. The van der Waals surface area contributed by atoms with E-state index in [0.717, 1.165) is 23.6 Å². The largest absolute Gasteiger partial charge is 0.463 e. The first kappa shape index (κ1) is 23.9. The fourth-order valence-corrected chi connectivity index (χ4v) is 4.68. The van der Waals surface area contributed by atoms with Crippen LogP contribution in [0.3, 0.4) is 0 Å². The standard InChI is InChI=1S/C18H10Cl6N3O4/c1-30-17(28)15-16(18(29)31-2)27(14-11(23)5-8(20)6-12(14)24)25-26(15)13-9(21)3-7(19)4-10(13)22/h3-6H,1-2H3/q+1. The number of benzene rings is 2. The second kappa shape index (κ2) is 9.40. The fraction of sp³-hybridized carbons (Fsp3) is 0.111. The summed E-state index contributed by atoms with van der Waals surface area (Å²) in [6.45, 7) is 0. The van der Waals surface area contributed by atoms with E-state index in [1.165, 1.54) is 24.3 Å². The third-order valence-corrected chi connectivity index (χ3v) is 5.56. The molecule has 0 fully saturated rings. The molecule has 0 unspecified atom stereocenters. The van der Waals surface area contributed by atoms with Gasteiger partial charge in [0.15, 0.2) is 11.4 Å². The maximum absolute atomic E-state index is 12.7. The van der Waals surface area contributed by atoms with Crippen molar-refractivity contribution in [1.29, 1.82) is 0 Å². The van der Waals surface area contributed by atoms with E-state index in [2.05, 4.69) is 5.21 Å². The molecular weight excluding hydrogens is 535 g/mol. The number of nitrogens with zero attached hydrogens (tertiary/aromatic N) is 3. The van der Waals surface area contributed by atoms with Gasteiger partial charge >= 0.3 is 11.9 Å². The molecular formula is C18H10Cl6N3O4+. The first-order valence-corrected chi connectivity index (χ1v) is 10.4. The first-order valence-electron chi connectivity index (χ1n) is 8.12. The number of hydrogen-bond acceptors (Lipinski definition) is 5. The summed E-state index contributed by atoms with van der Waals surface area (Å²) < 4.78 is 11.7. The molecule has 0 radical (unpaired) electrons. The van der Waals surface area contributed by atoms with E-state index in [9.17, 15) is 9.59 Å². The van der Waals surface area contributed by atoms with E-state index >= 15 is 0 Å². The van der Waals surface area contributed by atoms with Gasteiger partial charge in [-0.05, 0) is 24.3 Å². The first-order chi connectivity index (χ1) is 14.6. The zero-order valence-electron chi connectivity index (χ0n) is 15.6. The number of ether oxygens (including phenoxy) is 2. The molecule has 0 atom stereocenters. The monoisotopic (exact) mass is 542 g/mol. The normalized spacial score (nSPS) is 10.8. The van der Waals surface area contributed by atoms with Crippen molar-refractivity contribution < 1.29 is 23.7 Å². The Morgan fingerprint density at radius 1 is 0.806 bits per heavy atom. The fourth-order valence-electron chi connectivity index (χ4n) is 2.73. The summed E-state index contributed by atoms with van der Waals surface area (Å²) in [5, 5.41) is 4.96. The van der Waals surface area contributed by atoms with Crippen LogP contribution < -0.4 is 4.68 Å². The van der Waals surface area contributed by atoms with Crippen LogP contribution in [0.4, 0.5) is 0 Å². The van der Waals surface area contributed by atoms with Crippen molar-refractivity contribution in [3.63, 3.8) is 0 Å². The van der Waals surface area contributed by atoms with Gasteiger partial charge in [0.25, 0.3) is 11.4 Å². The highest BCUT2D eigenvalue weighted by Crippen LogP contribution is 2.34. The number of carbonyl (C=O) groups is 2. The molecule has 0 aliphatic heterocycles. The average molecular weight is 545 g/mol. The Morgan fingerprint density at radius 3 is 1.71 bits per heavy atom. The number of halogens is 6. The van der Waals surface area contributed by atoms with Crippen molar-refractivity contribution in [2.75, 3.05) is 14.2 Å². The van der Waals surface area contributed by atoms with Gasteiger partial charge in [-0.25, -0.2) is 9.59 Å². The molecule has 3 rings (SSSR count). The van der Waals surface area contributed by atoms with E-state index in [-0.39, 0.29) is 52.9 Å². The number of hydrogen-bond donors (Lipinski definition) is 0. The van der Waals surface area contributed by atoms with Gasteiger partial charge < -0.3 is 9.47 Å². The maximum atomic E-state index is 12.7. The predicted octanol–water partition coefficient (Wildman–Crippen LogP) is 5.64. The minimum Gasteiger partial charge on any atom is -0.463 e. The van der Waals surface area contributed by atoms with Crippen LogP contribution in [0.5, 0.6) is 0 Å². The molecule has 13 heteroatoms. The van der Waals surface area contributed by atoms with Crippen LogP contribution >= 0.6 is 69.6 Å². The van der Waals surface area contributed by atoms with Gasteiger partial charge in [-0.3, -0.25) is 0 Å². The summed E-state index contributed by atoms with van der Waals surface area (Å²) in [6, 6.07) is 5.55. The molecule has 1 heterocycles. The van der Waals surface area contributed by atoms with Gasteiger partial charge in [0.2, 0.25) is 0 Å². The zero-order chi connectivity index (χ0) is 23.0. The van der Waals surface area contributed by atoms with Crippen molar-refractivity contribution in [2.24, 2.45) is 0 Å². The van der Waals surface area contributed by atoms with Gasteiger partial charge in [-0.2, -0.15) is 0 Å². The summed E-state index contributed by atoms with van der Waals surface area (Å²) in [7, 11) is 2.25. The molecule has 162 valence electrons. The van der Waals surface area contributed by atoms with Gasteiger partial charge in [0.05, 0.1) is 34.3 Å². The lowest BCUT2D eigenvalue weighted by atomic mass is 10.2. The zero-order valence-corrected chi connectivity index (χ0v) is 20.1. The second-order valence-electron chi connectivity index (χ2n) is 5.83.